The van der Waals surface area contributed by atoms with E-state index < -0.39 is 4.92 Å². The first-order valence-corrected chi connectivity index (χ1v) is 3.85. The van der Waals surface area contributed by atoms with Crippen molar-refractivity contribution in [1.82, 2.24) is 5.32 Å². The molecule has 0 aromatic carbocycles. The monoisotopic (exact) mass is 162 g/mol. The topological polar surface area (TPSA) is 55.2 Å². The predicted molar refractivity (Wildman–Crippen MR) is 42.3 cm³/mol. The fraction of sp³-hybridized carbons (Fsp3) is 0.600. The molecule has 0 rings (SSSR count). The minimum atomic E-state index is -0.464. The molecule has 0 aliphatic carbocycles. The Morgan fingerprint density at radius 3 is 2.80 bits per heavy atom. The van der Waals surface area contributed by atoms with Gasteiger partial charge in [-0.05, 0) is 5.75 Å². The molecule has 0 radical (unpaired) electrons. The van der Waals surface area contributed by atoms with Crippen LogP contribution in [0.2, 0.25) is 0 Å². The van der Waals surface area contributed by atoms with Gasteiger partial charge in [0, 0.05) is 7.05 Å². The molecule has 0 aliphatic heterocycles. The van der Waals surface area contributed by atoms with Crippen molar-refractivity contribution >= 4 is 11.8 Å². The van der Waals surface area contributed by atoms with Crippen molar-refractivity contribution in [1.29, 1.82) is 0 Å². The van der Waals surface area contributed by atoms with Crippen LogP contribution in [0.15, 0.2) is 11.2 Å². The van der Waals surface area contributed by atoms with E-state index in [2.05, 4.69) is 5.32 Å². The lowest BCUT2D eigenvalue weighted by molar-refractivity contribution is -0.403. The molecule has 10 heavy (non-hydrogen) atoms. The molecule has 0 heterocycles. The van der Waals surface area contributed by atoms with Crippen LogP contribution in [-0.4, -0.2) is 17.7 Å². The molecule has 0 aromatic heterocycles. The number of nitro groups is 1. The first kappa shape index (κ1) is 9.29. The van der Waals surface area contributed by atoms with Crippen LogP contribution in [0.3, 0.4) is 0 Å². The van der Waals surface area contributed by atoms with Crippen LogP contribution in [0.1, 0.15) is 6.92 Å². The molecule has 0 fully saturated rings. The second kappa shape index (κ2) is 5.10. The Balaban J connectivity index is 3.91. The third kappa shape index (κ3) is 4.20. The quantitative estimate of drug-likeness (QED) is 0.495. The fourth-order valence-corrected chi connectivity index (χ4v) is 1.04. The Morgan fingerprint density at radius 1 is 1.90 bits per heavy atom. The van der Waals surface area contributed by atoms with E-state index in [0.29, 0.717) is 5.03 Å². The second-order valence-electron chi connectivity index (χ2n) is 1.46. The Morgan fingerprint density at radius 2 is 2.50 bits per heavy atom. The van der Waals surface area contributed by atoms with Crippen molar-refractivity contribution in [3.8, 4) is 0 Å². The largest absolute Gasteiger partial charge is 0.378 e. The van der Waals surface area contributed by atoms with Gasteiger partial charge in [-0.2, -0.15) is 0 Å². The van der Waals surface area contributed by atoms with Gasteiger partial charge >= 0.3 is 0 Å². The number of nitrogens with zero attached hydrogens (tertiary/aromatic N) is 1. The first-order valence-electron chi connectivity index (χ1n) is 2.86. The average Bonchev–Trinajstić information content (AvgIpc) is 1.86. The molecule has 4 nitrogen and oxygen atoms in total. The van der Waals surface area contributed by atoms with Crippen molar-refractivity contribution in [2.24, 2.45) is 0 Å². The van der Waals surface area contributed by atoms with Crippen molar-refractivity contribution in [2.75, 3.05) is 12.8 Å². The SMILES string of the molecule is CCSC(=C[N+](=O)[O-])NC. The minimum absolute atomic E-state index is 0.464. The summed E-state index contributed by atoms with van der Waals surface area (Å²) in [5.41, 5.74) is 0. The highest BCUT2D eigenvalue weighted by Crippen LogP contribution is 2.09. The smallest absolute Gasteiger partial charge is 0.263 e. The van der Waals surface area contributed by atoms with E-state index in [-0.39, 0.29) is 0 Å². The molecule has 0 spiro atoms. The molecule has 0 aromatic rings. The molecule has 0 amide bonds. The highest BCUT2D eigenvalue weighted by atomic mass is 32.2. The second-order valence-corrected chi connectivity index (χ2v) is 2.77. The van der Waals surface area contributed by atoms with Crippen molar-refractivity contribution in [3.05, 3.63) is 21.3 Å². The van der Waals surface area contributed by atoms with E-state index >= 15 is 0 Å². The van der Waals surface area contributed by atoms with E-state index in [0.717, 1.165) is 12.0 Å². The molecular formula is C5H10N2O2S. The Kier molecular flexibility index (Phi) is 4.74. The Labute approximate surface area is 63.8 Å². The van der Waals surface area contributed by atoms with Gasteiger partial charge in [-0.3, -0.25) is 10.1 Å². The standard InChI is InChI=1S/C5H10N2O2S/c1-3-10-5(6-2)4-7(8)9/h4,6H,3H2,1-2H3. The zero-order valence-electron chi connectivity index (χ0n) is 5.96. The third-order valence-corrected chi connectivity index (χ3v) is 1.68. The summed E-state index contributed by atoms with van der Waals surface area (Å²) in [5.74, 6) is 0.834. The van der Waals surface area contributed by atoms with E-state index in [1.165, 1.54) is 11.8 Å². The molecule has 0 aliphatic rings. The summed E-state index contributed by atoms with van der Waals surface area (Å²) in [5, 5.41) is 13.2. The summed E-state index contributed by atoms with van der Waals surface area (Å²) >= 11 is 1.41. The van der Waals surface area contributed by atoms with E-state index in [1.54, 1.807) is 7.05 Å². The molecule has 0 saturated carbocycles. The maximum atomic E-state index is 9.92. The van der Waals surface area contributed by atoms with E-state index in [9.17, 15) is 10.1 Å². The minimum Gasteiger partial charge on any atom is -0.378 e. The summed E-state index contributed by atoms with van der Waals surface area (Å²) in [6.45, 7) is 1.94. The zero-order chi connectivity index (χ0) is 7.98. The normalized spacial score (nSPS) is 11.2. The highest BCUT2D eigenvalue weighted by molar-refractivity contribution is 8.02. The number of nitrogens with one attached hydrogen (secondary N) is 1. The number of thioether (sulfide) groups is 1. The molecule has 0 unspecified atom stereocenters. The molecule has 0 saturated heterocycles. The average molecular weight is 162 g/mol. The van der Waals surface area contributed by atoms with Gasteiger partial charge in [-0.25, -0.2) is 0 Å². The molecule has 5 heteroatoms. The van der Waals surface area contributed by atoms with Crippen LogP contribution in [0.4, 0.5) is 0 Å². The zero-order valence-corrected chi connectivity index (χ0v) is 6.77. The number of hydrogen-bond acceptors (Lipinski definition) is 4. The van der Waals surface area contributed by atoms with Gasteiger partial charge in [0.1, 0.15) is 5.03 Å². The van der Waals surface area contributed by atoms with Gasteiger partial charge < -0.3 is 5.32 Å². The van der Waals surface area contributed by atoms with Crippen LogP contribution in [-0.2, 0) is 0 Å². The Hall–Kier alpha value is -0.710. The maximum absolute atomic E-state index is 9.92. The molecule has 1 N–H and O–H groups in total. The Bertz CT molecular complexity index is 147. The third-order valence-electron chi connectivity index (χ3n) is 0.769. The maximum Gasteiger partial charge on any atom is 0.263 e. The van der Waals surface area contributed by atoms with Crippen LogP contribution >= 0.6 is 11.8 Å². The van der Waals surface area contributed by atoms with Gasteiger partial charge in [0.25, 0.3) is 6.20 Å². The molecule has 0 atom stereocenters. The van der Waals surface area contributed by atoms with Crippen LogP contribution in [0.25, 0.3) is 0 Å². The van der Waals surface area contributed by atoms with Gasteiger partial charge in [0.2, 0.25) is 0 Å². The lowest BCUT2D eigenvalue weighted by atomic mass is 10.9. The van der Waals surface area contributed by atoms with Crippen LogP contribution < -0.4 is 5.32 Å². The molecular weight excluding hydrogens is 152 g/mol. The highest BCUT2D eigenvalue weighted by Gasteiger charge is 1.97. The predicted octanol–water partition coefficient (Wildman–Crippen LogP) is 1.03. The lowest BCUT2D eigenvalue weighted by Gasteiger charge is -1.98. The van der Waals surface area contributed by atoms with Crippen LogP contribution in [0.5, 0.6) is 0 Å². The van der Waals surface area contributed by atoms with E-state index in [4.69, 9.17) is 0 Å². The summed E-state index contributed by atoms with van der Waals surface area (Å²) < 4.78 is 0. The first-order chi connectivity index (χ1) is 4.70. The van der Waals surface area contributed by atoms with Gasteiger partial charge in [0.15, 0.2) is 0 Å². The lowest BCUT2D eigenvalue weighted by Crippen LogP contribution is -2.04. The fourth-order valence-electron chi connectivity index (χ4n) is 0.425. The number of hydrogen-bond donors (Lipinski definition) is 1. The summed E-state index contributed by atoms with van der Waals surface area (Å²) in [7, 11) is 1.66. The van der Waals surface area contributed by atoms with Crippen molar-refractivity contribution in [2.45, 2.75) is 6.92 Å². The van der Waals surface area contributed by atoms with Crippen molar-refractivity contribution in [3.63, 3.8) is 0 Å². The molecule has 0 bridgehead atoms. The summed E-state index contributed by atoms with van der Waals surface area (Å²) in [6, 6.07) is 0. The molecule has 58 valence electrons. The summed E-state index contributed by atoms with van der Waals surface area (Å²) in [6.07, 6.45) is 0.966. The van der Waals surface area contributed by atoms with E-state index in [1.807, 2.05) is 6.92 Å². The van der Waals surface area contributed by atoms with Gasteiger partial charge in [0.05, 0.1) is 4.92 Å². The van der Waals surface area contributed by atoms with Crippen molar-refractivity contribution < 1.29 is 4.92 Å². The summed E-state index contributed by atoms with van der Waals surface area (Å²) in [4.78, 5) is 9.46. The van der Waals surface area contributed by atoms with Gasteiger partial charge in [-0.15, -0.1) is 11.8 Å². The van der Waals surface area contributed by atoms with Gasteiger partial charge in [-0.1, -0.05) is 6.92 Å². The van der Waals surface area contributed by atoms with Crippen LogP contribution in [0, 0.1) is 10.1 Å². The number of rotatable bonds is 4.